The van der Waals surface area contributed by atoms with Crippen molar-refractivity contribution in [2.45, 2.75) is 68.0 Å². The van der Waals surface area contributed by atoms with Crippen molar-refractivity contribution in [2.24, 2.45) is 16.7 Å². The summed E-state index contributed by atoms with van der Waals surface area (Å²) in [5, 5.41) is 15.9. The lowest BCUT2D eigenvalue weighted by atomic mass is 9.40. The molecule has 3 heteroatoms. The molecule has 1 heterocycles. The van der Waals surface area contributed by atoms with E-state index < -0.39 is 0 Å². The third kappa shape index (κ3) is 4.81. The van der Waals surface area contributed by atoms with Crippen LogP contribution in [-0.2, 0) is 0 Å². The highest BCUT2D eigenvalue weighted by Crippen LogP contribution is 2.54. The van der Waals surface area contributed by atoms with Crippen molar-refractivity contribution >= 4 is 18.1 Å². The van der Waals surface area contributed by atoms with Gasteiger partial charge in [0.1, 0.15) is 0 Å². The second-order valence-electron chi connectivity index (χ2n) is 7.47. The van der Waals surface area contributed by atoms with E-state index in [0.29, 0.717) is 29.0 Å². The quantitative estimate of drug-likeness (QED) is 0.440. The normalized spacial score (nSPS) is 23.3. The van der Waals surface area contributed by atoms with E-state index in [-0.39, 0.29) is 5.92 Å². The van der Waals surface area contributed by atoms with Crippen molar-refractivity contribution in [2.75, 3.05) is 0 Å². The molecule has 0 aromatic rings. The van der Waals surface area contributed by atoms with Crippen LogP contribution in [-0.4, -0.2) is 18.1 Å². The third-order valence-electron chi connectivity index (χ3n) is 5.52. The molecule has 0 radical (unpaired) electrons. The van der Waals surface area contributed by atoms with Gasteiger partial charge < -0.3 is 10.8 Å². The van der Waals surface area contributed by atoms with Crippen molar-refractivity contribution in [1.82, 2.24) is 0 Å². The van der Waals surface area contributed by atoms with Crippen LogP contribution in [0, 0.1) is 27.6 Å². The minimum Gasteiger partial charge on any atom is -0.304 e. The Morgan fingerprint density at radius 1 is 1.08 bits per heavy atom. The second-order valence-corrected chi connectivity index (χ2v) is 7.47. The van der Waals surface area contributed by atoms with Crippen LogP contribution in [0.25, 0.3) is 0 Å². The van der Waals surface area contributed by atoms with E-state index in [1.165, 1.54) is 18.1 Å². The maximum absolute atomic E-state index is 7.98. The van der Waals surface area contributed by atoms with Crippen LogP contribution in [0.3, 0.4) is 0 Å². The first kappa shape index (κ1) is 22.6. The zero-order valence-electron chi connectivity index (χ0n) is 17.1. The molecule has 2 rings (SSSR count). The summed E-state index contributed by atoms with van der Waals surface area (Å²) in [6.45, 7) is 21.6. The van der Waals surface area contributed by atoms with Crippen molar-refractivity contribution in [3.8, 4) is 0 Å². The van der Waals surface area contributed by atoms with E-state index in [2.05, 4.69) is 46.4 Å². The lowest BCUT2D eigenvalue weighted by molar-refractivity contribution is 0.177. The van der Waals surface area contributed by atoms with Crippen LogP contribution < -0.4 is 0 Å². The Morgan fingerprint density at radius 2 is 1.54 bits per heavy atom. The molecule has 0 aromatic heterocycles. The molecule has 0 bridgehead atoms. The molecular formula is C21H37BN2. The SMILES string of the molecule is C=CC(=N)C1C=C(B2CC(C)(C)C(C)(C)C2)C=CC1=N.CC.CC. The zero-order chi connectivity index (χ0) is 19.1. The molecule has 0 saturated carbocycles. The van der Waals surface area contributed by atoms with E-state index in [4.69, 9.17) is 10.8 Å². The van der Waals surface area contributed by atoms with Gasteiger partial charge in [-0.3, -0.25) is 0 Å². The number of rotatable bonds is 3. The number of hydrogen-bond donors (Lipinski definition) is 2. The molecule has 1 aliphatic heterocycles. The summed E-state index contributed by atoms with van der Waals surface area (Å²) >= 11 is 0. The van der Waals surface area contributed by atoms with Gasteiger partial charge in [0.15, 0.2) is 6.71 Å². The highest BCUT2D eigenvalue weighted by Gasteiger charge is 2.48. The minimum atomic E-state index is -0.209. The average Bonchev–Trinajstić information content (AvgIpc) is 2.79. The van der Waals surface area contributed by atoms with Gasteiger partial charge in [0.2, 0.25) is 0 Å². The lowest BCUT2D eigenvalue weighted by Crippen LogP contribution is -2.24. The standard InChI is InChI=1S/C17H25BN2.2C2H6/c1-6-14(19)13-9-12(7-8-15(13)20)18-10-16(2,3)17(4,5)11-18;2*1-2/h6-9,13,19-20H,1,10-11H2,2-5H3;2*1-2H3. The lowest BCUT2D eigenvalue weighted by Gasteiger charge is -2.35. The van der Waals surface area contributed by atoms with Gasteiger partial charge in [-0.1, -0.05) is 92.2 Å². The topological polar surface area (TPSA) is 47.7 Å². The molecule has 2 nitrogen and oxygen atoms in total. The van der Waals surface area contributed by atoms with Crippen molar-refractivity contribution < 1.29 is 0 Å². The number of nitrogens with one attached hydrogen (secondary N) is 2. The van der Waals surface area contributed by atoms with Gasteiger partial charge >= 0.3 is 0 Å². The first-order chi connectivity index (χ1) is 11.2. The monoisotopic (exact) mass is 328 g/mol. The van der Waals surface area contributed by atoms with Crippen molar-refractivity contribution in [3.05, 3.63) is 36.4 Å². The molecule has 1 saturated heterocycles. The molecule has 1 unspecified atom stereocenters. The Hall–Kier alpha value is -1.38. The summed E-state index contributed by atoms with van der Waals surface area (Å²) in [4.78, 5) is 0. The Bertz CT molecular complexity index is 500. The number of hydrogen-bond acceptors (Lipinski definition) is 2. The predicted octanol–water partition coefficient (Wildman–Crippen LogP) is 6.48. The summed E-state index contributed by atoms with van der Waals surface area (Å²) in [7, 11) is 0. The predicted molar refractivity (Wildman–Crippen MR) is 112 cm³/mol. The van der Waals surface area contributed by atoms with E-state index >= 15 is 0 Å². The fourth-order valence-electron chi connectivity index (χ4n) is 3.38. The zero-order valence-corrected chi connectivity index (χ0v) is 17.1. The van der Waals surface area contributed by atoms with Gasteiger partial charge in [-0.25, -0.2) is 0 Å². The van der Waals surface area contributed by atoms with Crippen molar-refractivity contribution in [1.29, 1.82) is 10.8 Å². The molecular weight excluding hydrogens is 291 g/mol. The first-order valence-electron chi connectivity index (χ1n) is 9.37. The van der Waals surface area contributed by atoms with Crippen LogP contribution in [0.5, 0.6) is 0 Å². The molecule has 24 heavy (non-hydrogen) atoms. The summed E-state index contributed by atoms with van der Waals surface area (Å²) < 4.78 is 0. The molecule has 1 atom stereocenters. The highest BCUT2D eigenvalue weighted by atomic mass is 14.5. The smallest absolute Gasteiger partial charge is 0.176 e. The average molecular weight is 328 g/mol. The largest absolute Gasteiger partial charge is 0.304 e. The molecule has 1 aliphatic carbocycles. The molecule has 0 aromatic carbocycles. The maximum atomic E-state index is 7.98. The Kier molecular flexibility index (Phi) is 8.67. The van der Waals surface area contributed by atoms with Gasteiger partial charge in [-0.15, -0.1) is 0 Å². The number of allylic oxidation sites excluding steroid dienone is 5. The molecule has 0 amide bonds. The van der Waals surface area contributed by atoms with E-state index in [1.807, 2.05) is 33.8 Å². The van der Waals surface area contributed by atoms with Gasteiger partial charge in [-0.2, -0.15) is 0 Å². The third-order valence-corrected chi connectivity index (χ3v) is 5.52. The van der Waals surface area contributed by atoms with Gasteiger partial charge in [0.25, 0.3) is 0 Å². The van der Waals surface area contributed by atoms with Gasteiger partial charge in [0, 0.05) is 11.4 Å². The Balaban J connectivity index is 0.00000123. The molecule has 0 spiro atoms. The molecule has 134 valence electrons. The van der Waals surface area contributed by atoms with Crippen LogP contribution in [0.2, 0.25) is 12.6 Å². The van der Waals surface area contributed by atoms with E-state index in [1.54, 1.807) is 6.08 Å². The molecule has 2 N–H and O–H groups in total. The van der Waals surface area contributed by atoms with Crippen LogP contribution in [0.1, 0.15) is 55.4 Å². The Labute approximate surface area is 150 Å². The van der Waals surface area contributed by atoms with Crippen LogP contribution in [0.15, 0.2) is 36.4 Å². The van der Waals surface area contributed by atoms with Crippen LogP contribution in [0.4, 0.5) is 0 Å². The van der Waals surface area contributed by atoms with Gasteiger partial charge in [-0.05, 0) is 23.0 Å². The first-order valence-corrected chi connectivity index (χ1v) is 9.37. The summed E-state index contributed by atoms with van der Waals surface area (Å²) in [6.07, 6.45) is 9.95. The maximum Gasteiger partial charge on any atom is 0.176 e. The van der Waals surface area contributed by atoms with E-state index in [0.717, 1.165) is 0 Å². The van der Waals surface area contributed by atoms with E-state index in [9.17, 15) is 0 Å². The summed E-state index contributed by atoms with van der Waals surface area (Å²) in [5.74, 6) is -0.209. The van der Waals surface area contributed by atoms with Gasteiger partial charge in [0.05, 0.1) is 5.92 Å². The summed E-state index contributed by atoms with van der Waals surface area (Å²) in [5.41, 5.74) is 2.89. The molecule has 2 aliphatic rings. The Morgan fingerprint density at radius 3 is 1.96 bits per heavy atom. The molecule has 1 fully saturated rings. The second kappa shape index (κ2) is 9.20. The van der Waals surface area contributed by atoms with Crippen molar-refractivity contribution in [3.63, 3.8) is 0 Å². The fourth-order valence-corrected chi connectivity index (χ4v) is 3.38. The minimum absolute atomic E-state index is 0.209. The highest BCUT2D eigenvalue weighted by molar-refractivity contribution is 6.69. The fraction of sp³-hybridized carbons (Fsp3) is 0.619. The van der Waals surface area contributed by atoms with Crippen LogP contribution >= 0.6 is 0 Å². The summed E-state index contributed by atoms with van der Waals surface area (Å²) in [6, 6.07) is 0.